The van der Waals surface area contributed by atoms with E-state index in [9.17, 15) is 9.59 Å². The van der Waals surface area contributed by atoms with Crippen molar-refractivity contribution in [3.05, 3.63) is 35.9 Å². The van der Waals surface area contributed by atoms with Gasteiger partial charge in [-0.05, 0) is 13.8 Å². The topological polar surface area (TPSA) is 55.4 Å². The molecule has 0 heterocycles. The van der Waals surface area contributed by atoms with E-state index in [1.165, 1.54) is 0 Å². The van der Waals surface area contributed by atoms with Crippen molar-refractivity contribution in [2.24, 2.45) is 0 Å². The van der Waals surface area contributed by atoms with Gasteiger partial charge in [-0.3, -0.25) is 9.59 Å². The molecule has 0 aliphatic rings. The van der Waals surface area contributed by atoms with Gasteiger partial charge in [0.1, 0.15) is 6.04 Å². The van der Waals surface area contributed by atoms with E-state index in [1.807, 2.05) is 18.2 Å². The van der Waals surface area contributed by atoms with E-state index in [2.05, 4.69) is 5.32 Å². The third-order valence-electron chi connectivity index (χ3n) is 2.54. The van der Waals surface area contributed by atoms with Crippen LogP contribution in [0.15, 0.2) is 30.3 Å². The first kappa shape index (κ1) is 14.4. The van der Waals surface area contributed by atoms with Gasteiger partial charge in [0.25, 0.3) is 0 Å². The van der Waals surface area contributed by atoms with E-state index in [4.69, 9.17) is 4.74 Å². The molecule has 0 saturated heterocycles. The lowest BCUT2D eigenvalue weighted by molar-refractivity contribution is -0.145. The number of benzene rings is 1. The number of rotatable bonds is 7. The van der Waals surface area contributed by atoms with Crippen molar-refractivity contribution < 1.29 is 14.3 Å². The Bertz CT molecular complexity index is 389. The monoisotopic (exact) mass is 249 g/mol. The number of esters is 1. The van der Waals surface area contributed by atoms with Gasteiger partial charge < -0.3 is 10.1 Å². The molecule has 0 spiro atoms. The summed E-state index contributed by atoms with van der Waals surface area (Å²) in [5.74, 6) is -0.219. The summed E-state index contributed by atoms with van der Waals surface area (Å²) in [6.45, 7) is 4.33. The number of carbonyl (C=O) groups is 2. The fourth-order valence-corrected chi connectivity index (χ4v) is 1.52. The molecule has 1 atom stereocenters. The first-order chi connectivity index (χ1) is 8.65. The molecule has 0 unspecified atom stereocenters. The van der Waals surface area contributed by atoms with Crippen LogP contribution in [0.3, 0.4) is 0 Å². The maximum absolute atomic E-state index is 11.8. The van der Waals surface area contributed by atoms with Crippen LogP contribution in [0.4, 0.5) is 0 Å². The Morgan fingerprint density at radius 2 is 1.94 bits per heavy atom. The zero-order valence-electron chi connectivity index (χ0n) is 10.8. The third-order valence-corrected chi connectivity index (χ3v) is 2.54. The quantitative estimate of drug-likeness (QED) is 0.591. The van der Waals surface area contributed by atoms with Gasteiger partial charge in [-0.1, -0.05) is 30.3 Å². The molecule has 0 aromatic heterocycles. The van der Waals surface area contributed by atoms with Crippen LogP contribution in [-0.4, -0.2) is 30.9 Å². The molecule has 1 rings (SSSR count). The van der Waals surface area contributed by atoms with E-state index >= 15 is 0 Å². The lowest BCUT2D eigenvalue weighted by Crippen LogP contribution is -2.36. The fraction of sp³-hybridized carbons (Fsp3) is 0.429. The molecular weight excluding hydrogens is 230 g/mol. The van der Waals surface area contributed by atoms with Crippen LogP contribution in [0.2, 0.25) is 0 Å². The van der Waals surface area contributed by atoms with Gasteiger partial charge in [-0.15, -0.1) is 0 Å². The molecule has 0 radical (unpaired) electrons. The predicted octanol–water partition coefficient (Wildman–Crippen LogP) is 1.80. The van der Waals surface area contributed by atoms with Crippen LogP contribution in [-0.2, 0) is 9.53 Å². The summed E-state index contributed by atoms with van der Waals surface area (Å²) in [5.41, 5.74) is 0.697. The predicted molar refractivity (Wildman–Crippen MR) is 69.5 cm³/mol. The Morgan fingerprint density at radius 1 is 1.28 bits per heavy atom. The molecule has 0 saturated carbocycles. The highest BCUT2D eigenvalue weighted by atomic mass is 16.5. The van der Waals surface area contributed by atoms with Gasteiger partial charge in [0.2, 0.25) is 0 Å². The summed E-state index contributed by atoms with van der Waals surface area (Å²) in [6.07, 6.45) is 0.369. The van der Waals surface area contributed by atoms with Crippen LogP contribution in [0.5, 0.6) is 0 Å². The Labute approximate surface area is 107 Å². The van der Waals surface area contributed by atoms with Crippen LogP contribution < -0.4 is 5.32 Å². The fourth-order valence-electron chi connectivity index (χ4n) is 1.52. The summed E-state index contributed by atoms with van der Waals surface area (Å²) in [5, 5.41) is 2.97. The van der Waals surface area contributed by atoms with Crippen LogP contribution in [0, 0.1) is 0 Å². The SMILES string of the molecule is CCOC(=O)[C@H](C)NCCC(=O)c1ccccc1. The Hall–Kier alpha value is -1.68. The van der Waals surface area contributed by atoms with Crippen molar-refractivity contribution in [3.8, 4) is 0 Å². The second-order valence-corrected chi connectivity index (χ2v) is 3.97. The number of ether oxygens (including phenoxy) is 1. The van der Waals surface area contributed by atoms with Gasteiger partial charge in [0.05, 0.1) is 6.61 Å². The van der Waals surface area contributed by atoms with Gasteiger partial charge in [-0.25, -0.2) is 0 Å². The third kappa shape index (κ3) is 4.67. The molecule has 4 nitrogen and oxygen atoms in total. The molecule has 1 aromatic carbocycles. The molecule has 1 N–H and O–H groups in total. The van der Waals surface area contributed by atoms with Crippen molar-refractivity contribution in [2.75, 3.05) is 13.2 Å². The number of Topliss-reactive ketones (excluding diaryl/α,β-unsaturated/α-hetero) is 1. The molecule has 0 amide bonds. The maximum atomic E-state index is 11.8. The highest BCUT2D eigenvalue weighted by Gasteiger charge is 2.13. The minimum absolute atomic E-state index is 0.0687. The summed E-state index contributed by atoms with van der Waals surface area (Å²) >= 11 is 0. The van der Waals surface area contributed by atoms with Crippen molar-refractivity contribution in [1.82, 2.24) is 5.32 Å². The molecule has 1 aromatic rings. The second-order valence-electron chi connectivity index (χ2n) is 3.97. The second kappa shape index (κ2) is 7.61. The normalized spacial score (nSPS) is 11.9. The first-order valence-electron chi connectivity index (χ1n) is 6.13. The molecule has 0 fully saturated rings. The molecule has 0 aliphatic heterocycles. The molecule has 0 aliphatic carbocycles. The summed E-state index contributed by atoms with van der Waals surface area (Å²) in [7, 11) is 0. The Balaban J connectivity index is 2.30. The van der Waals surface area contributed by atoms with Gasteiger partial charge in [0, 0.05) is 18.5 Å². The van der Waals surface area contributed by atoms with Crippen LogP contribution in [0.25, 0.3) is 0 Å². The zero-order valence-corrected chi connectivity index (χ0v) is 10.8. The minimum Gasteiger partial charge on any atom is -0.465 e. The number of hydrogen-bond donors (Lipinski definition) is 1. The Kier molecular flexibility index (Phi) is 6.08. The van der Waals surface area contributed by atoms with E-state index in [0.29, 0.717) is 25.1 Å². The first-order valence-corrected chi connectivity index (χ1v) is 6.13. The average molecular weight is 249 g/mol. The van der Waals surface area contributed by atoms with E-state index in [0.717, 1.165) is 0 Å². The van der Waals surface area contributed by atoms with E-state index in [-0.39, 0.29) is 17.8 Å². The van der Waals surface area contributed by atoms with Gasteiger partial charge in [0.15, 0.2) is 5.78 Å². The minimum atomic E-state index is -0.381. The van der Waals surface area contributed by atoms with Gasteiger partial charge >= 0.3 is 5.97 Å². The smallest absolute Gasteiger partial charge is 0.322 e. The number of hydrogen-bond acceptors (Lipinski definition) is 4. The largest absolute Gasteiger partial charge is 0.465 e. The number of carbonyl (C=O) groups excluding carboxylic acids is 2. The molecule has 18 heavy (non-hydrogen) atoms. The molecule has 98 valence electrons. The van der Waals surface area contributed by atoms with E-state index in [1.54, 1.807) is 26.0 Å². The maximum Gasteiger partial charge on any atom is 0.322 e. The summed E-state index contributed by atoms with van der Waals surface area (Å²) in [6, 6.07) is 8.74. The summed E-state index contributed by atoms with van der Waals surface area (Å²) in [4.78, 5) is 23.1. The Morgan fingerprint density at radius 3 is 2.56 bits per heavy atom. The molecular formula is C14H19NO3. The summed E-state index contributed by atoms with van der Waals surface area (Å²) < 4.78 is 4.86. The average Bonchev–Trinajstić information content (AvgIpc) is 2.39. The van der Waals surface area contributed by atoms with Gasteiger partial charge in [-0.2, -0.15) is 0 Å². The van der Waals surface area contributed by atoms with Crippen molar-refractivity contribution >= 4 is 11.8 Å². The van der Waals surface area contributed by atoms with Crippen molar-refractivity contribution in [3.63, 3.8) is 0 Å². The van der Waals surface area contributed by atoms with Crippen molar-refractivity contribution in [2.45, 2.75) is 26.3 Å². The number of ketones is 1. The lowest BCUT2D eigenvalue weighted by Gasteiger charge is -2.11. The van der Waals surface area contributed by atoms with Crippen LogP contribution in [0.1, 0.15) is 30.6 Å². The molecule has 4 heteroatoms. The standard InChI is InChI=1S/C14H19NO3/c1-3-18-14(17)11(2)15-10-9-13(16)12-7-5-4-6-8-12/h4-8,11,15H,3,9-10H2,1-2H3/t11-/m0/s1. The van der Waals surface area contributed by atoms with Crippen molar-refractivity contribution in [1.29, 1.82) is 0 Å². The number of nitrogens with one attached hydrogen (secondary N) is 1. The molecule has 0 bridgehead atoms. The van der Waals surface area contributed by atoms with E-state index < -0.39 is 0 Å². The lowest BCUT2D eigenvalue weighted by atomic mass is 10.1. The zero-order chi connectivity index (χ0) is 13.4. The highest BCUT2D eigenvalue weighted by Crippen LogP contribution is 2.02. The van der Waals surface area contributed by atoms with Crippen LogP contribution >= 0.6 is 0 Å². The highest BCUT2D eigenvalue weighted by molar-refractivity contribution is 5.96.